The molecule has 0 radical (unpaired) electrons. The van der Waals surface area contributed by atoms with Gasteiger partial charge in [0.2, 0.25) is 0 Å². The highest BCUT2D eigenvalue weighted by molar-refractivity contribution is 5.58. The molecular formula is C19H25N5O. The summed E-state index contributed by atoms with van der Waals surface area (Å²) < 4.78 is 0. The van der Waals surface area contributed by atoms with Gasteiger partial charge in [-0.05, 0) is 36.5 Å². The normalized spacial score (nSPS) is 20.0. The number of hydrogen-bond donors (Lipinski definition) is 2. The van der Waals surface area contributed by atoms with Gasteiger partial charge in [0, 0.05) is 57.3 Å². The number of nitrogens with one attached hydrogen (secondary N) is 2. The van der Waals surface area contributed by atoms with E-state index in [2.05, 4.69) is 50.3 Å². The predicted octanol–water partition coefficient (Wildman–Crippen LogP) is 1.52. The summed E-state index contributed by atoms with van der Waals surface area (Å²) >= 11 is 0. The Morgan fingerprint density at radius 2 is 2.28 bits per heavy atom. The number of nitrogens with zero attached hydrogens (tertiary/aromatic N) is 3. The Hall–Kier alpha value is -2.34. The fourth-order valence-electron chi connectivity index (χ4n) is 3.90. The highest BCUT2D eigenvalue weighted by Crippen LogP contribution is 2.27. The van der Waals surface area contributed by atoms with Crippen molar-refractivity contribution in [3.63, 3.8) is 0 Å². The SMILES string of the molecule is CN1CCc2cc(CNC3CCCN(c4ncc[nH]c4=O)C3)ccc21. The molecule has 1 fully saturated rings. The van der Waals surface area contributed by atoms with Crippen LogP contribution in [0.15, 0.2) is 35.4 Å². The smallest absolute Gasteiger partial charge is 0.290 e. The number of H-pyrrole nitrogens is 1. The maximum absolute atomic E-state index is 12.0. The zero-order valence-corrected chi connectivity index (χ0v) is 14.7. The van der Waals surface area contributed by atoms with E-state index in [0.717, 1.165) is 45.4 Å². The number of likely N-dealkylation sites (N-methyl/N-ethyl adjacent to an activating group) is 1. The van der Waals surface area contributed by atoms with Crippen LogP contribution in [0, 0.1) is 0 Å². The van der Waals surface area contributed by atoms with Gasteiger partial charge in [0.05, 0.1) is 0 Å². The molecule has 0 bridgehead atoms. The molecule has 1 atom stereocenters. The van der Waals surface area contributed by atoms with Gasteiger partial charge in [-0.3, -0.25) is 4.79 Å². The van der Waals surface area contributed by atoms with E-state index in [1.165, 1.54) is 16.8 Å². The Morgan fingerprint density at radius 3 is 3.16 bits per heavy atom. The zero-order valence-electron chi connectivity index (χ0n) is 14.7. The maximum atomic E-state index is 12.0. The standard InChI is InChI=1S/C19H25N5O/c1-23-10-6-15-11-14(4-5-17(15)23)12-22-16-3-2-9-24(13-16)18-19(25)21-8-7-20-18/h4-5,7-8,11,16,22H,2-3,6,9-10,12-13H2,1H3,(H,21,25). The molecule has 0 saturated carbocycles. The molecule has 0 aliphatic carbocycles. The number of piperidine rings is 1. The molecule has 132 valence electrons. The van der Waals surface area contributed by atoms with Crippen LogP contribution in [0.1, 0.15) is 24.0 Å². The number of rotatable bonds is 4. The van der Waals surface area contributed by atoms with E-state index < -0.39 is 0 Å². The fraction of sp³-hybridized carbons (Fsp3) is 0.474. The minimum Gasteiger partial charge on any atom is -0.374 e. The second-order valence-electron chi connectivity index (χ2n) is 7.04. The van der Waals surface area contributed by atoms with Crippen molar-refractivity contribution in [3.8, 4) is 0 Å². The third kappa shape index (κ3) is 3.39. The number of benzene rings is 1. The lowest BCUT2D eigenvalue weighted by molar-refractivity contribution is 0.419. The summed E-state index contributed by atoms with van der Waals surface area (Å²) in [6.45, 7) is 3.70. The second-order valence-corrected chi connectivity index (χ2v) is 7.04. The van der Waals surface area contributed by atoms with Gasteiger partial charge in [-0.2, -0.15) is 0 Å². The number of fused-ring (bicyclic) bond motifs is 1. The van der Waals surface area contributed by atoms with Crippen molar-refractivity contribution in [1.29, 1.82) is 0 Å². The van der Waals surface area contributed by atoms with Crippen LogP contribution >= 0.6 is 0 Å². The number of aromatic nitrogens is 2. The van der Waals surface area contributed by atoms with E-state index in [0.29, 0.717) is 11.9 Å². The van der Waals surface area contributed by atoms with Crippen molar-refractivity contribution in [2.24, 2.45) is 0 Å². The molecule has 25 heavy (non-hydrogen) atoms. The van der Waals surface area contributed by atoms with Crippen LogP contribution < -0.4 is 20.7 Å². The maximum Gasteiger partial charge on any atom is 0.290 e. The molecule has 1 unspecified atom stereocenters. The highest BCUT2D eigenvalue weighted by Gasteiger charge is 2.22. The van der Waals surface area contributed by atoms with Crippen molar-refractivity contribution in [2.75, 3.05) is 36.5 Å². The van der Waals surface area contributed by atoms with Gasteiger partial charge in [-0.1, -0.05) is 12.1 Å². The summed E-state index contributed by atoms with van der Waals surface area (Å²) in [4.78, 5) is 23.3. The molecule has 2 aliphatic heterocycles. The van der Waals surface area contributed by atoms with Gasteiger partial charge in [0.1, 0.15) is 0 Å². The molecular weight excluding hydrogens is 314 g/mol. The second kappa shape index (κ2) is 6.88. The van der Waals surface area contributed by atoms with E-state index in [-0.39, 0.29) is 5.56 Å². The van der Waals surface area contributed by atoms with E-state index in [1.54, 1.807) is 12.4 Å². The van der Waals surface area contributed by atoms with Crippen LogP contribution in [0.4, 0.5) is 11.5 Å². The minimum absolute atomic E-state index is 0.106. The number of hydrogen-bond acceptors (Lipinski definition) is 5. The molecule has 0 amide bonds. The van der Waals surface area contributed by atoms with Gasteiger partial charge in [0.15, 0.2) is 5.82 Å². The summed E-state index contributed by atoms with van der Waals surface area (Å²) in [5.74, 6) is 0.537. The molecule has 1 saturated heterocycles. The van der Waals surface area contributed by atoms with Crippen molar-refractivity contribution in [3.05, 3.63) is 52.1 Å². The molecule has 1 aromatic carbocycles. The summed E-state index contributed by atoms with van der Waals surface area (Å²) in [5, 5.41) is 3.66. The van der Waals surface area contributed by atoms with Gasteiger partial charge < -0.3 is 20.1 Å². The summed E-state index contributed by atoms with van der Waals surface area (Å²) in [6, 6.07) is 7.17. The zero-order chi connectivity index (χ0) is 17.2. The highest BCUT2D eigenvalue weighted by atomic mass is 16.1. The Morgan fingerprint density at radius 1 is 1.36 bits per heavy atom. The molecule has 4 rings (SSSR count). The molecule has 2 N–H and O–H groups in total. The van der Waals surface area contributed by atoms with Crippen molar-refractivity contribution < 1.29 is 0 Å². The van der Waals surface area contributed by atoms with Gasteiger partial charge >= 0.3 is 0 Å². The first kappa shape index (κ1) is 16.1. The summed E-state index contributed by atoms with van der Waals surface area (Å²) in [7, 11) is 2.15. The average Bonchev–Trinajstić information content (AvgIpc) is 3.01. The monoisotopic (exact) mass is 339 g/mol. The van der Waals surface area contributed by atoms with Crippen LogP contribution in [0.3, 0.4) is 0 Å². The minimum atomic E-state index is -0.106. The number of anilines is 2. The van der Waals surface area contributed by atoms with Crippen molar-refractivity contribution in [1.82, 2.24) is 15.3 Å². The first-order valence-electron chi connectivity index (χ1n) is 9.05. The average molecular weight is 339 g/mol. The van der Waals surface area contributed by atoms with Crippen LogP contribution in [0.25, 0.3) is 0 Å². The Balaban J connectivity index is 1.38. The topological polar surface area (TPSA) is 64.3 Å². The Kier molecular flexibility index (Phi) is 4.44. The molecule has 2 aliphatic rings. The van der Waals surface area contributed by atoms with Gasteiger partial charge in [-0.15, -0.1) is 0 Å². The summed E-state index contributed by atoms with van der Waals surface area (Å²) in [6.07, 6.45) is 6.57. The molecule has 6 heteroatoms. The van der Waals surface area contributed by atoms with Crippen molar-refractivity contribution >= 4 is 11.5 Å². The fourth-order valence-corrected chi connectivity index (χ4v) is 3.90. The first-order valence-corrected chi connectivity index (χ1v) is 9.05. The van der Waals surface area contributed by atoms with Gasteiger partial charge in [0.25, 0.3) is 5.56 Å². The first-order chi connectivity index (χ1) is 12.2. The Labute approximate surface area is 147 Å². The lowest BCUT2D eigenvalue weighted by Crippen LogP contribution is -2.47. The molecule has 0 spiro atoms. The quantitative estimate of drug-likeness (QED) is 0.884. The van der Waals surface area contributed by atoms with Crippen LogP contribution in [0.5, 0.6) is 0 Å². The van der Waals surface area contributed by atoms with Crippen LogP contribution in [-0.4, -0.2) is 42.7 Å². The molecule has 3 heterocycles. The Bertz CT molecular complexity index is 802. The van der Waals surface area contributed by atoms with Gasteiger partial charge in [-0.25, -0.2) is 4.98 Å². The molecule has 2 aromatic rings. The lowest BCUT2D eigenvalue weighted by Gasteiger charge is -2.33. The van der Waals surface area contributed by atoms with Crippen LogP contribution in [0.2, 0.25) is 0 Å². The number of aromatic amines is 1. The largest absolute Gasteiger partial charge is 0.374 e. The van der Waals surface area contributed by atoms with E-state index in [9.17, 15) is 4.79 Å². The van der Waals surface area contributed by atoms with Crippen LogP contribution in [-0.2, 0) is 13.0 Å². The van der Waals surface area contributed by atoms with E-state index >= 15 is 0 Å². The third-order valence-corrected chi connectivity index (χ3v) is 5.28. The van der Waals surface area contributed by atoms with E-state index in [1.807, 2.05) is 0 Å². The van der Waals surface area contributed by atoms with E-state index in [4.69, 9.17) is 0 Å². The molecule has 6 nitrogen and oxygen atoms in total. The third-order valence-electron chi connectivity index (χ3n) is 5.28. The summed E-state index contributed by atoms with van der Waals surface area (Å²) in [5.41, 5.74) is 4.04. The van der Waals surface area contributed by atoms with Crippen molar-refractivity contribution in [2.45, 2.75) is 31.8 Å². The lowest BCUT2D eigenvalue weighted by atomic mass is 10.0. The predicted molar refractivity (Wildman–Crippen MR) is 100 cm³/mol. The molecule has 1 aromatic heterocycles.